The lowest BCUT2D eigenvalue weighted by Crippen LogP contribution is -2.13. The van der Waals surface area contributed by atoms with Crippen LogP contribution in [0.2, 0.25) is 0 Å². The van der Waals surface area contributed by atoms with Crippen LogP contribution in [0.15, 0.2) is 35.6 Å². The number of hydrogen-bond donors (Lipinski definition) is 2. The molecule has 0 spiro atoms. The van der Waals surface area contributed by atoms with Crippen LogP contribution in [0.5, 0.6) is 0 Å². The molecule has 0 radical (unpaired) electrons. The molecule has 0 saturated carbocycles. The first-order chi connectivity index (χ1) is 10.7. The van der Waals surface area contributed by atoms with E-state index < -0.39 is 41.2 Å². The molecule has 5 nitrogen and oxygen atoms in total. The number of ketones is 1. The minimum Gasteiger partial charge on any atom is -0.511 e. The number of nitrogens with one attached hydrogen (secondary N) is 1. The van der Waals surface area contributed by atoms with Crippen LogP contribution >= 0.6 is 0 Å². The number of benzene rings is 1. The van der Waals surface area contributed by atoms with E-state index in [-0.39, 0.29) is 12.2 Å². The average Bonchev–Trinajstić information content (AvgIpc) is 2.47. The fraction of sp³-hybridized carbons (Fsp3) is 0.267. The van der Waals surface area contributed by atoms with Crippen LogP contribution in [0.1, 0.15) is 29.3 Å². The molecule has 2 N–H and O–H groups in total. The van der Waals surface area contributed by atoms with Crippen LogP contribution < -0.4 is 0 Å². The van der Waals surface area contributed by atoms with Gasteiger partial charge >= 0.3 is 12.1 Å². The van der Waals surface area contributed by atoms with E-state index in [4.69, 9.17) is 5.41 Å². The highest BCUT2D eigenvalue weighted by molar-refractivity contribution is 6.10. The van der Waals surface area contributed by atoms with Gasteiger partial charge in [0.2, 0.25) is 0 Å². The fourth-order valence-electron chi connectivity index (χ4n) is 1.69. The second kappa shape index (κ2) is 7.57. The summed E-state index contributed by atoms with van der Waals surface area (Å²) in [4.78, 5) is 23.4. The van der Waals surface area contributed by atoms with Crippen molar-refractivity contribution in [2.24, 2.45) is 0 Å². The van der Waals surface area contributed by atoms with Crippen molar-refractivity contribution in [1.82, 2.24) is 0 Å². The molecular weight excluding hydrogens is 315 g/mol. The van der Waals surface area contributed by atoms with E-state index in [0.29, 0.717) is 12.3 Å². The second-order valence-electron chi connectivity index (χ2n) is 4.40. The topological polar surface area (TPSA) is 87.5 Å². The number of Topliss-reactive ketones (excluding diaryl/α,β-unsaturated/α-hetero) is 1. The van der Waals surface area contributed by atoms with Gasteiger partial charge in [-0.3, -0.25) is 4.79 Å². The highest BCUT2D eigenvalue weighted by atomic mass is 19.4. The minimum absolute atomic E-state index is 0.00499. The molecule has 0 bridgehead atoms. The summed E-state index contributed by atoms with van der Waals surface area (Å²) >= 11 is 0. The van der Waals surface area contributed by atoms with E-state index in [1.807, 2.05) is 0 Å². The van der Waals surface area contributed by atoms with Gasteiger partial charge in [0.15, 0.2) is 5.78 Å². The number of hydrogen-bond acceptors (Lipinski definition) is 5. The molecule has 1 rings (SSSR count). The summed E-state index contributed by atoms with van der Waals surface area (Å²) < 4.78 is 42.4. The first-order valence-corrected chi connectivity index (χ1v) is 6.50. The second-order valence-corrected chi connectivity index (χ2v) is 4.40. The van der Waals surface area contributed by atoms with Crippen molar-refractivity contribution in [1.29, 1.82) is 5.41 Å². The van der Waals surface area contributed by atoms with Crippen LogP contribution in [-0.4, -0.2) is 29.7 Å². The predicted octanol–water partition coefficient (Wildman–Crippen LogP) is 3.30. The number of carbonyl (C=O) groups is 2. The van der Waals surface area contributed by atoms with Gasteiger partial charge < -0.3 is 15.3 Å². The lowest BCUT2D eigenvalue weighted by Gasteiger charge is -2.09. The number of esters is 1. The summed E-state index contributed by atoms with van der Waals surface area (Å²) in [5.74, 6) is -2.55. The average molecular weight is 329 g/mol. The largest absolute Gasteiger partial charge is 0.511 e. The number of rotatable bonds is 6. The van der Waals surface area contributed by atoms with E-state index in [2.05, 4.69) is 4.74 Å². The van der Waals surface area contributed by atoms with Gasteiger partial charge in [-0.05, 0) is 19.1 Å². The molecule has 0 atom stereocenters. The molecule has 0 aliphatic rings. The Balaban J connectivity index is 3.03. The summed E-state index contributed by atoms with van der Waals surface area (Å²) in [5.41, 5.74) is -1.78. The molecule has 0 amide bonds. The van der Waals surface area contributed by atoms with Gasteiger partial charge in [0.1, 0.15) is 11.3 Å². The molecule has 0 fully saturated rings. The summed E-state index contributed by atoms with van der Waals surface area (Å²) in [6, 6.07) is 3.71. The van der Waals surface area contributed by atoms with Crippen LogP contribution in [-0.2, 0) is 15.7 Å². The number of halogens is 3. The van der Waals surface area contributed by atoms with Crippen molar-refractivity contribution < 1.29 is 32.6 Å². The molecule has 0 aliphatic heterocycles. The lowest BCUT2D eigenvalue weighted by molar-refractivity contribution is -0.138. The Morgan fingerprint density at radius 1 is 1.35 bits per heavy atom. The zero-order valence-electron chi connectivity index (χ0n) is 12.1. The standard InChI is InChI=1S/C15H14F3NO4/c1-2-23-14(22)11(8-19)13(21)7-12(20)9-4-3-5-10(6-9)15(16,17)18/h3-6,8,19,21H,2,7H2,1H3/b13-11+,19-8?. The third-order valence-electron chi connectivity index (χ3n) is 2.79. The van der Waals surface area contributed by atoms with Crippen LogP contribution in [0.4, 0.5) is 13.2 Å². The van der Waals surface area contributed by atoms with Crippen molar-refractivity contribution in [2.75, 3.05) is 6.61 Å². The Bertz CT molecular complexity index is 650. The normalized spacial score (nSPS) is 12.3. The fourth-order valence-corrected chi connectivity index (χ4v) is 1.69. The molecule has 1 aromatic carbocycles. The van der Waals surface area contributed by atoms with Crippen molar-refractivity contribution in [3.05, 3.63) is 46.7 Å². The Hall–Kier alpha value is -2.64. The lowest BCUT2D eigenvalue weighted by atomic mass is 10.0. The zero-order valence-corrected chi connectivity index (χ0v) is 12.1. The Morgan fingerprint density at radius 3 is 2.52 bits per heavy atom. The van der Waals surface area contributed by atoms with Gasteiger partial charge in [-0.25, -0.2) is 4.79 Å². The molecule has 23 heavy (non-hydrogen) atoms. The van der Waals surface area contributed by atoms with Gasteiger partial charge in [0, 0.05) is 11.8 Å². The smallest absolute Gasteiger partial charge is 0.416 e. The minimum atomic E-state index is -4.60. The third-order valence-corrected chi connectivity index (χ3v) is 2.79. The monoisotopic (exact) mass is 329 g/mol. The zero-order chi connectivity index (χ0) is 17.6. The molecule has 124 valence electrons. The van der Waals surface area contributed by atoms with Crippen molar-refractivity contribution in [3.8, 4) is 0 Å². The van der Waals surface area contributed by atoms with Gasteiger partial charge in [-0.2, -0.15) is 13.2 Å². The predicted molar refractivity (Wildman–Crippen MR) is 75.5 cm³/mol. The van der Waals surface area contributed by atoms with Crippen LogP contribution in [0.25, 0.3) is 0 Å². The highest BCUT2D eigenvalue weighted by Crippen LogP contribution is 2.29. The van der Waals surface area contributed by atoms with E-state index in [1.54, 1.807) is 0 Å². The summed E-state index contributed by atoms with van der Waals surface area (Å²) in [5, 5.41) is 16.8. The van der Waals surface area contributed by atoms with Gasteiger partial charge in [-0.1, -0.05) is 12.1 Å². The molecule has 1 aromatic rings. The Morgan fingerprint density at radius 2 is 2.00 bits per heavy atom. The van der Waals surface area contributed by atoms with Crippen molar-refractivity contribution >= 4 is 18.0 Å². The van der Waals surface area contributed by atoms with Crippen LogP contribution in [0, 0.1) is 5.41 Å². The van der Waals surface area contributed by atoms with Gasteiger partial charge in [0.25, 0.3) is 0 Å². The molecule has 0 unspecified atom stereocenters. The van der Waals surface area contributed by atoms with Gasteiger partial charge in [0.05, 0.1) is 18.6 Å². The quantitative estimate of drug-likeness (QED) is 0.276. The summed E-state index contributed by atoms with van der Waals surface area (Å²) in [6.07, 6.45) is -4.79. The molecule has 0 saturated heterocycles. The molecule has 0 heterocycles. The van der Waals surface area contributed by atoms with Crippen molar-refractivity contribution in [3.63, 3.8) is 0 Å². The Labute approximate surface area is 129 Å². The number of carbonyl (C=O) groups excluding carboxylic acids is 2. The third kappa shape index (κ3) is 4.94. The number of allylic oxidation sites excluding steroid dienone is 1. The van der Waals surface area contributed by atoms with Crippen molar-refractivity contribution in [2.45, 2.75) is 19.5 Å². The maximum absolute atomic E-state index is 12.6. The van der Waals surface area contributed by atoms with E-state index in [9.17, 15) is 27.9 Å². The van der Waals surface area contributed by atoms with Gasteiger partial charge in [-0.15, -0.1) is 0 Å². The summed E-state index contributed by atoms with van der Waals surface area (Å²) in [6.45, 7) is 1.52. The van der Waals surface area contributed by atoms with E-state index in [0.717, 1.165) is 12.1 Å². The number of aliphatic hydroxyl groups is 1. The molecule has 0 aromatic heterocycles. The molecule has 0 aliphatic carbocycles. The van der Waals surface area contributed by atoms with E-state index in [1.165, 1.54) is 13.0 Å². The van der Waals surface area contributed by atoms with E-state index >= 15 is 0 Å². The first-order valence-electron chi connectivity index (χ1n) is 6.50. The number of aliphatic hydroxyl groups excluding tert-OH is 1. The SMILES string of the molecule is CCOC(=O)/C(C=N)=C(/O)CC(=O)c1cccc(C(F)(F)F)c1. The molecular formula is C15H14F3NO4. The first kappa shape index (κ1) is 18.4. The number of ether oxygens (including phenoxy) is 1. The number of alkyl halides is 3. The maximum atomic E-state index is 12.6. The highest BCUT2D eigenvalue weighted by Gasteiger charge is 2.31. The Kier molecular flexibility index (Phi) is 6.06. The molecule has 8 heteroatoms. The summed E-state index contributed by atoms with van der Waals surface area (Å²) in [7, 11) is 0. The maximum Gasteiger partial charge on any atom is 0.416 e. The van der Waals surface area contributed by atoms with Crippen LogP contribution in [0.3, 0.4) is 0 Å².